The van der Waals surface area contributed by atoms with Gasteiger partial charge in [-0.3, -0.25) is 5.41 Å². The van der Waals surface area contributed by atoms with Gasteiger partial charge in [0.2, 0.25) is 0 Å². The molecule has 0 fully saturated rings. The third kappa shape index (κ3) is 1.00. The van der Waals surface area contributed by atoms with Gasteiger partial charge in [0.15, 0.2) is 0 Å². The van der Waals surface area contributed by atoms with Crippen molar-refractivity contribution >= 4 is 0 Å². The van der Waals surface area contributed by atoms with Gasteiger partial charge in [-0.15, -0.1) is 0 Å². The maximum atomic E-state index is 9.00. The molecule has 1 heterocycles. The van der Waals surface area contributed by atoms with Crippen LogP contribution in [0.5, 0.6) is 0 Å². The van der Waals surface area contributed by atoms with Crippen molar-refractivity contribution in [2.75, 3.05) is 0 Å². The second kappa shape index (κ2) is 2.13. The molecule has 0 saturated heterocycles. The largest absolute Gasteiger partial charge is 0.425 e. The summed E-state index contributed by atoms with van der Waals surface area (Å²) >= 11 is 0. The highest BCUT2D eigenvalue weighted by molar-refractivity contribution is 5.04. The van der Waals surface area contributed by atoms with Crippen LogP contribution in [0.25, 0.3) is 0 Å². The summed E-state index contributed by atoms with van der Waals surface area (Å²) in [7, 11) is 0. The average Bonchev–Trinajstić information content (AvgIpc) is 1.82. The van der Waals surface area contributed by atoms with Crippen molar-refractivity contribution in [2.45, 2.75) is 13.8 Å². The molecule has 1 aromatic heterocycles. The summed E-state index contributed by atoms with van der Waals surface area (Å²) < 4.78 is 0.743. The van der Waals surface area contributed by atoms with E-state index in [-0.39, 0.29) is 5.62 Å². The number of hydrogen-bond donors (Lipinski definition) is 2. The van der Waals surface area contributed by atoms with Gasteiger partial charge in [0.25, 0.3) is 5.62 Å². The van der Waals surface area contributed by atoms with Gasteiger partial charge in [0.05, 0.1) is 5.69 Å². The first-order valence-electron chi connectivity index (χ1n) is 2.92. The number of nitrogens with one attached hydrogen (secondary N) is 1. The molecule has 0 atom stereocenters. The lowest BCUT2D eigenvalue weighted by Gasteiger charge is -2.00. The highest BCUT2D eigenvalue weighted by Gasteiger charge is 1.95. The fourth-order valence-corrected chi connectivity index (χ4v) is 0.777. The van der Waals surface area contributed by atoms with E-state index < -0.39 is 0 Å². The first-order chi connectivity index (χ1) is 4.61. The van der Waals surface area contributed by atoms with Gasteiger partial charge in [-0.05, 0) is 19.9 Å². The lowest BCUT2D eigenvalue weighted by atomic mass is 10.4. The topological polar surface area (TPSA) is 61.9 Å². The van der Waals surface area contributed by atoms with Crippen LogP contribution in [-0.4, -0.2) is 14.9 Å². The average molecular weight is 139 g/mol. The van der Waals surface area contributed by atoms with Crippen LogP contribution in [0, 0.1) is 19.3 Å². The van der Waals surface area contributed by atoms with Gasteiger partial charge in [0, 0.05) is 5.69 Å². The Hall–Kier alpha value is -1.32. The molecule has 0 radical (unpaired) electrons. The molecule has 1 rings (SSSR count). The number of nitrogens with zero attached hydrogens (tertiary/aromatic N) is 2. The molecule has 54 valence electrons. The highest BCUT2D eigenvalue weighted by Crippen LogP contribution is 1.92. The lowest BCUT2D eigenvalue weighted by Crippen LogP contribution is -2.23. The SMILES string of the molecule is Cc1cc(C)n(O)c(=N)n1. The summed E-state index contributed by atoms with van der Waals surface area (Å²) in [5, 5.41) is 16.1. The Bertz CT molecular complexity index is 302. The molecule has 0 aliphatic heterocycles. The van der Waals surface area contributed by atoms with Crippen LogP contribution in [0.3, 0.4) is 0 Å². The summed E-state index contributed by atoms with van der Waals surface area (Å²) in [5.74, 6) is 0. The van der Waals surface area contributed by atoms with Crippen molar-refractivity contribution in [3.8, 4) is 0 Å². The number of aromatic nitrogens is 2. The minimum Gasteiger partial charge on any atom is -0.425 e. The van der Waals surface area contributed by atoms with Crippen molar-refractivity contribution in [1.29, 1.82) is 5.41 Å². The molecule has 10 heavy (non-hydrogen) atoms. The van der Waals surface area contributed by atoms with Crippen LogP contribution in [0.4, 0.5) is 0 Å². The summed E-state index contributed by atoms with van der Waals surface area (Å²) in [6.07, 6.45) is 0. The van der Waals surface area contributed by atoms with Gasteiger partial charge in [-0.1, -0.05) is 0 Å². The van der Waals surface area contributed by atoms with Gasteiger partial charge < -0.3 is 5.21 Å². The predicted molar refractivity (Wildman–Crippen MR) is 34.7 cm³/mol. The van der Waals surface area contributed by atoms with E-state index in [1.54, 1.807) is 19.9 Å². The molecule has 0 unspecified atom stereocenters. The van der Waals surface area contributed by atoms with Crippen LogP contribution >= 0.6 is 0 Å². The molecule has 4 heteroatoms. The van der Waals surface area contributed by atoms with E-state index in [9.17, 15) is 0 Å². The summed E-state index contributed by atoms with van der Waals surface area (Å²) in [4.78, 5) is 3.71. The van der Waals surface area contributed by atoms with Gasteiger partial charge in [-0.2, -0.15) is 4.73 Å². The smallest absolute Gasteiger partial charge is 0.255 e. The molecule has 0 saturated carbocycles. The van der Waals surface area contributed by atoms with Crippen LogP contribution in [0.15, 0.2) is 6.07 Å². The second-order valence-electron chi connectivity index (χ2n) is 2.17. The molecular formula is C6H9N3O. The van der Waals surface area contributed by atoms with Crippen LogP contribution < -0.4 is 5.62 Å². The molecule has 2 N–H and O–H groups in total. The van der Waals surface area contributed by atoms with Gasteiger partial charge >= 0.3 is 0 Å². The van der Waals surface area contributed by atoms with E-state index in [4.69, 9.17) is 10.6 Å². The van der Waals surface area contributed by atoms with Crippen LogP contribution in [-0.2, 0) is 0 Å². The van der Waals surface area contributed by atoms with Gasteiger partial charge in [-0.25, -0.2) is 4.98 Å². The van der Waals surface area contributed by atoms with Crippen molar-refractivity contribution in [2.24, 2.45) is 0 Å². The van der Waals surface area contributed by atoms with Gasteiger partial charge in [0.1, 0.15) is 0 Å². The fraction of sp³-hybridized carbons (Fsp3) is 0.333. The van der Waals surface area contributed by atoms with E-state index >= 15 is 0 Å². The Morgan fingerprint density at radius 3 is 2.70 bits per heavy atom. The quantitative estimate of drug-likeness (QED) is 0.505. The monoisotopic (exact) mass is 139 g/mol. The predicted octanol–water partition coefficient (Wildman–Crippen LogP) is 0.217. The number of rotatable bonds is 0. The Kier molecular flexibility index (Phi) is 1.45. The summed E-state index contributed by atoms with van der Waals surface area (Å²) in [6.45, 7) is 3.50. The molecular weight excluding hydrogens is 130 g/mol. The molecule has 4 nitrogen and oxygen atoms in total. The maximum absolute atomic E-state index is 9.00. The van der Waals surface area contributed by atoms with E-state index in [2.05, 4.69) is 4.98 Å². The third-order valence-corrected chi connectivity index (χ3v) is 1.23. The summed E-state index contributed by atoms with van der Waals surface area (Å²) in [5.41, 5.74) is 1.24. The molecule has 0 aromatic carbocycles. The second-order valence-corrected chi connectivity index (χ2v) is 2.17. The number of aryl methyl sites for hydroxylation is 2. The summed E-state index contributed by atoms with van der Waals surface area (Å²) in [6, 6.07) is 1.71. The zero-order chi connectivity index (χ0) is 7.72. The Morgan fingerprint density at radius 2 is 2.20 bits per heavy atom. The first kappa shape index (κ1) is 6.80. The minimum absolute atomic E-state index is 0.127. The Morgan fingerprint density at radius 1 is 1.60 bits per heavy atom. The fourth-order valence-electron chi connectivity index (χ4n) is 0.777. The highest BCUT2D eigenvalue weighted by atomic mass is 16.5. The van der Waals surface area contributed by atoms with Crippen molar-refractivity contribution in [3.05, 3.63) is 23.1 Å². The maximum Gasteiger partial charge on any atom is 0.255 e. The molecule has 0 spiro atoms. The number of hydrogen-bond acceptors (Lipinski definition) is 3. The van der Waals surface area contributed by atoms with E-state index in [0.717, 1.165) is 10.4 Å². The molecule has 0 aliphatic carbocycles. The normalized spacial score (nSPS) is 9.80. The van der Waals surface area contributed by atoms with Crippen LogP contribution in [0.2, 0.25) is 0 Å². The zero-order valence-electron chi connectivity index (χ0n) is 5.92. The van der Waals surface area contributed by atoms with Crippen molar-refractivity contribution in [3.63, 3.8) is 0 Å². The van der Waals surface area contributed by atoms with E-state index in [1.165, 1.54) is 0 Å². The molecule has 1 aromatic rings. The first-order valence-corrected chi connectivity index (χ1v) is 2.92. The van der Waals surface area contributed by atoms with Crippen molar-refractivity contribution < 1.29 is 5.21 Å². The molecule has 0 aliphatic rings. The third-order valence-electron chi connectivity index (χ3n) is 1.23. The van der Waals surface area contributed by atoms with Crippen LogP contribution in [0.1, 0.15) is 11.4 Å². The zero-order valence-corrected chi connectivity index (χ0v) is 5.92. The van der Waals surface area contributed by atoms with Crippen molar-refractivity contribution in [1.82, 2.24) is 9.71 Å². The molecule has 0 amide bonds. The minimum atomic E-state index is -0.127. The Labute approximate surface area is 58.2 Å². The molecule has 0 bridgehead atoms. The lowest BCUT2D eigenvalue weighted by molar-refractivity contribution is 0.158. The van der Waals surface area contributed by atoms with E-state index in [1.807, 2.05) is 0 Å². The van der Waals surface area contributed by atoms with E-state index in [0.29, 0.717) is 5.69 Å². The standard InChI is InChI=1S/C6H9N3O/c1-4-3-5(2)9(10)6(7)8-4/h3,7,10H,1-2H3. The Balaban J connectivity index is 3.46.